The molecule has 1 aromatic carbocycles. The fraction of sp³-hybridized carbons (Fsp3) is 0.118. The van der Waals surface area contributed by atoms with Gasteiger partial charge in [0.15, 0.2) is 0 Å². The quantitative estimate of drug-likeness (QED) is 0.547. The van der Waals surface area contributed by atoms with Crippen LogP contribution < -0.4 is 10.9 Å². The lowest BCUT2D eigenvalue weighted by Crippen LogP contribution is -2.42. The monoisotopic (exact) mass is 406 g/mol. The fourth-order valence-corrected chi connectivity index (χ4v) is 4.12. The van der Waals surface area contributed by atoms with E-state index in [1.807, 2.05) is 42.5 Å². The molecule has 0 unspecified atom stereocenters. The molecule has 6 nitrogen and oxygen atoms in total. The summed E-state index contributed by atoms with van der Waals surface area (Å²) in [5.74, 6) is 0.185. The van der Waals surface area contributed by atoms with Gasteiger partial charge < -0.3 is 0 Å². The molecule has 0 aliphatic carbocycles. The minimum absolute atomic E-state index is 0.230. The summed E-state index contributed by atoms with van der Waals surface area (Å²) in [5.41, 5.74) is 6.59. The largest absolute Gasteiger partial charge is 0.287 e. The molecule has 2 amide bonds. The van der Waals surface area contributed by atoms with Crippen molar-refractivity contribution in [3.8, 4) is 11.3 Å². The van der Waals surface area contributed by atoms with Gasteiger partial charge in [-0.1, -0.05) is 41.9 Å². The molecule has 3 rings (SSSR count). The molecule has 0 saturated carbocycles. The van der Waals surface area contributed by atoms with Gasteiger partial charge in [0.2, 0.25) is 5.91 Å². The number of amides is 2. The maximum atomic E-state index is 12.1. The van der Waals surface area contributed by atoms with Gasteiger partial charge in [-0.25, -0.2) is 0 Å². The first-order valence-corrected chi connectivity index (χ1v) is 9.99. The molecule has 9 heteroatoms. The van der Waals surface area contributed by atoms with Crippen molar-refractivity contribution in [2.45, 2.75) is 5.75 Å². The van der Waals surface area contributed by atoms with Crippen LogP contribution in [0.3, 0.4) is 0 Å². The minimum atomic E-state index is -0.455. The molecule has 0 aliphatic rings. The second kappa shape index (κ2) is 8.88. The van der Waals surface area contributed by atoms with Gasteiger partial charge in [-0.3, -0.25) is 25.5 Å². The van der Waals surface area contributed by atoms with E-state index >= 15 is 0 Å². The maximum absolute atomic E-state index is 12.1. The summed E-state index contributed by atoms with van der Waals surface area (Å²) in [6.07, 6.45) is 0. The number of carbonyl (C=O) groups is 2. The summed E-state index contributed by atoms with van der Waals surface area (Å²) in [6.45, 7) is 0. The van der Waals surface area contributed by atoms with E-state index in [1.165, 1.54) is 23.1 Å². The van der Waals surface area contributed by atoms with Crippen LogP contribution in [0.4, 0.5) is 0 Å². The van der Waals surface area contributed by atoms with Crippen LogP contribution in [0.15, 0.2) is 48.5 Å². The van der Waals surface area contributed by atoms with Crippen LogP contribution in [-0.4, -0.2) is 27.8 Å². The Morgan fingerprint density at radius 3 is 2.69 bits per heavy atom. The van der Waals surface area contributed by atoms with Crippen molar-refractivity contribution in [2.24, 2.45) is 0 Å². The molecule has 0 fully saturated rings. The number of thioether (sulfide) groups is 1. The molecule has 0 atom stereocenters. The highest BCUT2D eigenvalue weighted by Crippen LogP contribution is 2.25. The smallest absolute Gasteiger partial charge is 0.272 e. The number of nitrogens with zero attached hydrogens (tertiary/aromatic N) is 1. The third-order valence-electron chi connectivity index (χ3n) is 3.31. The number of rotatable bonds is 6. The molecule has 2 heterocycles. The van der Waals surface area contributed by atoms with Crippen LogP contribution in [0.2, 0.25) is 4.34 Å². The first-order chi connectivity index (χ1) is 12.6. The van der Waals surface area contributed by atoms with Gasteiger partial charge in [0.05, 0.1) is 15.8 Å². The lowest BCUT2D eigenvalue weighted by molar-refractivity contribution is -0.119. The molecule has 0 saturated heterocycles. The van der Waals surface area contributed by atoms with Gasteiger partial charge >= 0.3 is 0 Å². The summed E-state index contributed by atoms with van der Waals surface area (Å²) in [5, 5.41) is 6.77. The third-order valence-corrected chi connectivity index (χ3v) is 5.71. The summed E-state index contributed by atoms with van der Waals surface area (Å²) in [6, 6.07) is 14.9. The number of hydrazine groups is 1. The van der Waals surface area contributed by atoms with Crippen molar-refractivity contribution in [2.75, 3.05) is 5.75 Å². The highest BCUT2D eigenvalue weighted by Gasteiger charge is 2.12. The highest BCUT2D eigenvalue weighted by molar-refractivity contribution is 7.99. The Morgan fingerprint density at radius 1 is 1.15 bits per heavy atom. The second-order valence-corrected chi connectivity index (χ2v) is 8.02. The fourth-order valence-electron chi connectivity index (χ4n) is 2.10. The Kier molecular flexibility index (Phi) is 6.32. The standard InChI is InChI=1S/C17H15ClN4O2S2/c18-15-7-6-12(26-15)9-25-10-16(23)21-22-17(24)14-8-13(19-20-14)11-4-2-1-3-5-11/h1-8H,9-10H2,(H,19,20)(H,21,23)(H,22,24). The second-order valence-electron chi connectivity index (χ2n) is 5.23. The summed E-state index contributed by atoms with van der Waals surface area (Å²) in [4.78, 5) is 25.0. The van der Waals surface area contributed by atoms with Crippen LogP contribution >= 0.6 is 34.7 Å². The van der Waals surface area contributed by atoms with Crippen molar-refractivity contribution in [1.82, 2.24) is 21.0 Å². The topological polar surface area (TPSA) is 86.9 Å². The summed E-state index contributed by atoms with van der Waals surface area (Å²) >= 11 is 8.79. The van der Waals surface area contributed by atoms with Gasteiger partial charge in [-0.2, -0.15) is 5.10 Å². The van der Waals surface area contributed by atoms with Gasteiger partial charge in [0, 0.05) is 16.2 Å². The van der Waals surface area contributed by atoms with Crippen LogP contribution in [0.1, 0.15) is 15.4 Å². The molecule has 3 N–H and O–H groups in total. The van der Waals surface area contributed by atoms with E-state index in [-0.39, 0.29) is 17.4 Å². The Balaban J connectivity index is 1.43. The molecule has 0 aliphatic heterocycles. The average Bonchev–Trinajstić information content (AvgIpc) is 3.30. The minimum Gasteiger partial charge on any atom is -0.272 e. The summed E-state index contributed by atoms with van der Waals surface area (Å²) < 4.78 is 0.728. The van der Waals surface area contributed by atoms with Gasteiger partial charge in [0.1, 0.15) is 5.69 Å². The average molecular weight is 407 g/mol. The molecule has 0 spiro atoms. The zero-order chi connectivity index (χ0) is 18.4. The third kappa shape index (κ3) is 5.10. The molecule has 0 radical (unpaired) electrons. The van der Waals surface area contributed by atoms with Gasteiger partial charge in [-0.15, -0.1) is 23.1 Å². The van der Waals surface area contributed by atoms with E-state index in [1.54, 1.807) is 6.07 Å². The maximum Gasteiger partial charge on any atom is 0.287 e. The lowest BCUT2D eigenvalue weighted by atomic mass is 10.1. The Morgan fingerprint density at radius 2 is 1.96 bits per heavy atom. The predicted molar refractivity (Wildman–Crippen MR) is 105 cm³/mol. The van der Waals surface area contributed by atoms with E-state index in [2.05, 4.69) is 21.0 Å². The van der Waals surface area contributed by atoms with Crippen LogP contribution in [0.5, 0.6) is 0 Å². The Hall–Kier alpha value is -2.29. The van der Waals surface area contributed by atoms with Crippen LogP contribution in [0, 0.1) is 0 Å². The van der Waals surface area contributed by atoms with Gasteiger partial charge in [-0.05, 0) is 18.2 Å². The highest BCUT2D eigenvalue weighted by atomic mass is 35.5. The van der Waals surface area contributed by atoms with Crippen molar-refractivity contribution < 1.29 is 9.59 Å². The van der Waals surface area contributed by atoms with Crippen molar-refractivity contribution in [3.63, 3.8) is 0 Å². The molecular formula is C17H15ClN4O2S2. The molecule has 2 aromatic heterocycles. The number of aromatic nitrogens is 2. The van der Waals surface area contributed by atoms with Gasteiger partial charge in [0.25, 0.3) is 5.91 Å². The Bertz CT molecular complexity index is 895. The number of benzene rings is 1. The van der Waals surface area contributed by atoms with Crippen molar-refractivity contribution in [1.29, 1.82) is 0 Å². The number of hydrogen-bond acceptors (Lipinski definition) is 5. The molecule has 26 heavy (non-hydrogen) atoms. The molecular weight excluding hydrogens is 392 g/mol. The van der Waals surface area contributed by atoms with Crippen LogP contribution in [-0.2, 0) is 10.5 Å². The first kappa shape index (κ1) is 18.5. The lowest BCUT2D eigenvalue weighted by Gasteiger charge is -2.05. The SMILES string of the molecule is O=C(CSCc1ccc(Cl)s1)NNC(=O)c1cc(-c2ccccc2)n[nH]1. The zero-order valence-corrected chi connectivity index (χ0v) is 15.9. The number of carbonyl (C=O) groups excluding carboxylic acids is 2. The number of hydrogen-bond donors (Lipinski definition) is 3. The number of thiophene rings is 1. The molecule has 134 valence electrons. The van der Waals surface area contributed by atoms with E-state index in [9.17, 15) is 9.59 Å². The number of H-pyrrole nitrogens is 1. The first-order valence-electron chi connectivity index (χ1n) is 7.64. The zero-order valence-electron chi connectivity index (χ0n) is 13.5. The van der Waals surface area contributed by atoms with E-state index in [4.69, 9.17) is 11.6 Å². The van der Waals surface area contributed by atoms with E-state index in [0.29, 0.717) is 11.4 Å². The van der Waals surface area contributed by atoms with Crippen LogP contribution in [0.25, 0.3) is 11.3 Å². The number of nitrogens with one attached hydrogen (secondary N) is 3. The van der Waals surface area contributed by atoms with E-state index in [0.717, 1.165) is 14.8 Å². The Labute approximate surface area is 163 Å². The van der Waals surface area contributed by atoms with Crippen molar-refractivity contribution in [3.05, 3.63) is 63.4 Å². The number of halogens is 1. The molecule has 0 bridgehead atoms. The normalized spacial score (nSPS) is 10.5. The summed E-state index contributed by atoms with van der Waals surface area (Å²) in [7, 11) is 0. The molecule has 3 aromatic rings. The predicted octanol–water partition coefficient (Wildman–Crippen LogP) is 3.49. The number of aromatic amines is 1. The van der Waals surface area contributed by atoms with Crippen molar-refractivity contribution >= 4 is 46.5 Å². The van der Waals surface area contributed by atoms with E-state index < -0.39 is 5.91 Å².